The molecule has 2 atom stereocenters. The molecule has 0 spiro atoms. The van der Waals surface area contributed by atoms with Gasteiger partial charge in [0, 0.05) is 6.42 Å². The minimum atomic E-state index is -0.429. The van der Waals surface area contributed by atoms with Crippen LogP contribution in [0.25, 0.3) is 0 Å². The number of Topliss-reactive ketones (excluding diaryl/α,β-unsaturated/α-hetero) is 1. The number of esters is 1. The first-order chi connectivity index (χ1) is 8.75. The van der Waals surface area contributed by atoms with E-state index < -0.39 is 12.0 Å². The fourth-order valence-corrected chi connectivity index (χ4v) is 3.00. The average Bonchev–Trinajstić information content (AvgIpc) is 3.09. The van der Waals surface area contributed by atoms with Gasteiger partial charge in [-0.05, 0) is 17.0 Å². The second-order valence-electron chi connectivity index (χ2n) is 4.28. The molecule has 1 radical (unpaired) electrons. The van der Waals surface area contributed by atoms with Gasteiger partial charge in [-0.15, -0.1) is 11.3 Å². The minimum absolute atomic E-state index is 0.00190. The number of carbonyl (C=O) groups excluding carboxylic acids is 2. The van der Waals surface area contributed by atoms with Gasteiger partial charge in [0.15, 0.2) is 5.78 Å². The van der Waals surface area contributed by atoms with Crippen molar-refractivity contribution in [2.45, 2.75) is 12.5 Å². The Hall–Kier alpha value is -1.68. The first-order valence-corrected chi connectivity index (χ1v) is 6.62. The van der Waals surface area contributed by atoms with Crippen molar-refractivity contribution in [1.29, 1.82) is 0 Å². The maximum Gasteiger partial charge on any atom is 0.307 e. The summed E-state index contributed by atoms with van der Waals surface area (Å²) in [5, 5.41) is 1.86. The van der Waals surface area contributed by atoms with Crippen LogP contribution in [0.4, 0.5) is 0 Å². The van der Waals surface area contributed by atoms with E-state index in [1.165, 1.54) is 11.3 Å². The summed E-state index contributed by atoms with van der Waals surface area (Å²) in [6.45, 7) is 0. The summed E-state index contributed by atoms with van der Waals surface area (Å²) in [6, 6.07) is 3.63. The van der Waals surface area contributed by atoms with Crippen molar-refractivity contribution in [3.63, 3.8) is 0 Å². The molecular formula is C14H11O3S. The zero-order valence-corrected chi connectivity index (χ0v) is 10.4. The Labute approximate surface area is 109 Å². The number of carbonyl (C=O) groups is 2. The van der Waals surface area contributed by atoms with Crippen molar-refractivity contribution in [3.05, 3.63) is 52.6 Å². The highest BCUT2D eigenvalue weighted by molar-refractivity contribution is 7.12. The molecule has 0 N–H and O–H groups in total. The number of rotatable bonds is 3. The van der Waals surface area contributed by atoms with Crippen LogP contribution in [-0.4, -0.2) is 17.9 Å². The Morgan fingerprint density at radius 2 is 2.33 bits per heavy atom. The minimum Gasteiger partial charge on any atom is -0.457 e. The summed E-state index contributed by atoms with van der Waals surface area (Å²) < 4.78 is 5.28. The van der Waals surface area contributed by atoms with Crippen LogP contribution < -0.4 is 0 Å². The number of ether oxygens (including phenoxy) is 1. The van der Waals surface area contributed by atoms with Crippen LogP contribution >= 0.6 is 11.3 Å². The molecule has 1 aromatic rings. The normalized spacial score (nSPS) is 26.2. The average molecular weight is 259 g/mol. The number of hydrogen-bond acceptors (Lipinski definition) is 4. The molecular weight excluding hydrogens is 248 g/mol. The molecule has 4 heteroatoms. The lowest BCUT2D eigenvalue weighted by atomic mass is 9.91. The maximum atomic E-state index is 12.3. The molecule has 18 heavy (non-hydrogen) atoms. The van der Waals surface area contributed by atoms with Gasteiger partial charge in [-0.1, -0.05) is 24.3 Å². The second kappa shape index (κ2) is 4.53. The summed E-state index contributed by atoms with van der Waals surface area (Å²) in [5.74, 6) is -0.684. The summed E-state index contributed by atoms with van der Waals surface area (Å²) >= 11 is 1.40. The van der Waals surface area contributed by atoms with E-state index in [-0.39, 0.29) is 18.2 Å². The van der Waals surface area contributed by atoms with Gasteiger partial charge in [0.2, 0.25) is 0 Å². The number of hydrogen-bond donors (Lipinski definition) is 0. The number of allylic oxidation sites excluding steroid dienone is 2. The summed E-state index contributed by atoms with van der Waals surface area (Å²) in [4.78, 5) is 24.5. The third-order valence-electron chi connectivity index (χ3n) is 3.13. The van der Waals surface area contributed by atoms with Gasteiger partial charge in [-0.25, -0.2) is 0 Å². The van der Waals surface area contributed by atoms with E-state index in [0.717, 1.165) is 5.57 Å². The molecule has 2 aliphatic rings. The Morgan fingerprint density at radius 1 is 1.44 bits per heavy atom. The lowest BCUT2D eigenvalue weighted by Crippen LogP contribution is -2.25. The van der Waals surface area contributed by atoms with E-state index in [1.807, 2.05) is 36.1 Å². The first kappa shape index (κ1) is 11.4. The first-order valence-electron chi connectivity index (χ1n) is 5.74. The van der Waals surface area contributed by atoms with Crippen LogP contribution in [0.15, 0.2) is 41.3 Å². The molecule has 0 aromatic carbocycles. The van der Waals surface area contributed by atoms with E-state index in [0.29, 0.717) is 4.88 Å². The quantitative estimate of drug-likeness (QED) is 0.619. The van der Waals surface area contributed by atoms with Crippen molar-refractivity contribution >= 4 is 23.1 Å². The highest BCUT2D eigenvalue weighted by Crippen LogP contribution is 2.33. The molecule has 91 valence electrons. The van der Waals surface area contributed by atoms with Gasteiger partial charge in [0.25, 0.3) is 0 Å². The second-order valence-corrected chi connectivity index (χ2v) is 5.23. The highest BCUT2D eigenvalue weighted by Gasteiger charge is 2.41. The Kier molecular flexibility index (Phi) is 2.88. The Bertz CT molecular complexity index is 539. The highest BCUT2D eigenvalue weighted by atomic mass is 32.1. The summed E-state index contributed by atoms with van der Waals surface area (Å²) in [5.41, 5.74) is 0.899. The van der Waals surface area contributed by atoms with E-state index in [2.05, 4.69) is 0 Å². The van der Waals surface area contributed by atoms with Crippen LogP contribution in [0.3, 0.4) is 0 Å². The SMILES string of the molecule is O=C1C[C@@H](C(=O)c2cccs2)[C@H](C2=C[CH]C=C2)O1. The largest absolute Gasteiger partial charge is 0.457 e. The predicted molar refractivity (Wildman–Crippen MR) is 68.2 cm³/mol. The van der Waals surface area contributed by atoms with Gasteiger partial charge in [0.1, 0.15) is 6.10 Å². The van der Waals surface area contributed by atoms with Crippen LogP contribution in [0.2, 0.25) is 0 Å². The van der Waals surface area contributed by atoms with Crippen molar-refractivity contribution in [2.75, 3.05) is 0 Å². The van der Waals surface area contributed by atoms with Crippen LogP contribution in [-0.2, 0) is 9.53 Å². The molecule has 3 rings (SSSR count). The maximum absolute atomic E-state index is 12.3. The van der Waals surface area contributed by atoms with Gasteiger partial charge in [-0.3, -0.25) is 9.59 Å². The third kappa shape index (κ3) is 1.93. The molecule has 3 nitrogen and oxygen atoms in total. The van der Waals surface area contributed by atoms with Crippen LogP contribution in [0.5, 0.6) is 0 Å². The Morgan fingerprint density at radius 3 is 3.00 bits per heavy atom. The molecule has 0 bridgehead atoms. The number of ketones is 1. The molecule has 1 aliphatic carbocycles. The van der Waals surface area contributed by atoms with E-state index in [9.17, 15) is 9.59 Å². The Balaban J connectivity index is 1.87. The fourth-order valence-electron chi connectivity index (χ4n) is 2.27. The smallest absolute Gasteiger partial charge is 0.307 e. The van der Waals surface area contributed by atoms with Gasteiger partial charge in [0.05, 0.1) is 17.2 Å². The van der Waals surface area contributed by atoms with Crippen LogP contribution in [0, 0.1) is 12.3 Å². The van der Waals surface area contributed by atoms with Gasteiger partial charge < -0.3 is 4.74 Å². The van der Waals surface area contributed by atoms with Crippen LogP contribution in [0.1, 0.15) is 16.1 Å². The lowest BCUT2D eigenvalue weighted by molar-refractivity contribution is -0.140. The molecule has 0 unspecified atom stereocenters. The monoisotopic (exact) mass is 259 g/mol. The molecule has 0 amide bonds. The third-order valence-corrected chi connectivity index (χ3v) is 4.01. The topological polar surface area (TPSA) is 43.4 Å². The van der Waals surface area contributed by atoms with E-state index in [1.54, 1.807) is 6.07 Å². The van der Waals surface area contributed by atoms with Crippen molar-refractivity contribution in [2.24, 2.45) is 5.92 Å². The molecule has 0 saturated carbocycles. The van der Waals surface area contributed by atoms with Gasteiger partial charge in [-0.2, -0.15) is 0 Å². The van der Waals surface area contributed by atoms with Crippen molar-refractivity contribution in [1.82, 2.24) is 0 Å². The molecule has 1 fully saturated rings. The molecule has 1 aliphatic heterocycles. The lowest BCUT2D eigenvalue weighted by Gasteiger charge is -2.16. The summed E-state index contributed by atoms with van der Waals surface area (Å²) in [7, 11) is 0. The standard InChI is InChI=1S/C14H11O3S/c15-12-8-10(13(16)11-6-3-7-18-11)14(17-12)9-4-1-2-5-9/h1-7,10,14H,8H2/t10-,14-/m0/s1. The van der Waals surface area contributed by atoms with E-state index >= 15 is 0 Å². The van der Waals surface area contributed by atoms with Gasteiger partial charge >= 0.3 is 5.97 Å². The molecule has 2 heterocycles. The summed E-state index contributed by atoms with van der Waals surface area (Å²) in [6.07, 6.45) is 7.28. The number of thiophene rings is 1. The van der Waals surface area contributed by atoms with Crippen molar-refractivity contribution < 1.29 is 14.3 Å². The predicted octanol–water partition coefficient (Wildman–Crippen LogP) is 2.56. The fraction of sp³-hybridized carbons (Fsp3) is 0.214. The zero-order chi connectivity index (χ0) is 12.5. The molecule has 1 saturated heterocycles. The van der Waals surface area contributed by atoms with E-state index in [4.69, 9.17) is 4.74 Å². The van der Waals surface area contributed by atoms with Crippen molar-refractivity contribution in [3.8, 4) is 0 Å². The zero-order valence-electron chi connectivity index (χ0n) is 9.54. The molecule has 1 aromatic heterocycles. The number of cyclic esters (lactones) is 1.